The van der Waals surface area contributed by atoms with Gasteiger partial charge in [-0.05, 0) is 64.0 Å². The lowest BCUT2D eigenvalue weighted by atomic mass is 9.75. The van der Waals surface area contributed by atoms with Gasteiger partial charge >= 0.3 is 0 Å². The van der Waals surface area contributed by atoms with E-state index in [0.717, 1.165) is 25.2 Å². The number of hydrogen-bond acceptors (Lipinski definition) is 2. The number of hydrogen-bond donors (Lipinski definition) is 2. The van der Waals surface area contributed by atoms with Crippen LogP contribution in [-0.2, 0) is 0 Å². The molecule has 1 aliphatic carbocycles. The second-order valence-electron chi connectivity index (χ2n) is 4.83. The maximum atomic E-state index is 9.92. The van der Waals surface area contributed by atoms with E-state index in [1.54, 1.807) is 0 Å². The zero-order valence-corrected chi connectivity index (χ0v) is 8.39. The van der Waals surface area contributed by atoms with E-state index >= 15 is 0 Å². The molecular formula is C11H21NO. The fourth-order valence-corrected chi connectivity index (χ4v) is 2.48. The Morgan fingerprint density at radius 3 is 2.69 bits per heavy atom. The molecule has 0 aromatic heterocycles. The van der Waals surface area contributed by atoms with E-state index in [1.165, 1.54) is 38.8 Å². The molecule has 0 amide bonds. The molecule has 1 saturated carbocycles. The Morgan fingerprint density at radius 1 is 1.31 bits per heavy atom. The van der Waals surface area contributed by atoms with Crippen molar-refractivity contribution in [3.8, 4) is 0 Å². The number of rotatable bonds is 3. The van der Waals surface area contributed by atoms with Crippen LogP contribution < -0.4 is 5.32 Å². The van der Waals surface area contributed by atoms with Crippen LogP contribution >= 0.6 is 0 Å². The number of nitrogens with one attached hydrogen (secondary N) is 1. The van der Waals surface area contributed by atoms with Crippen molar-refractivity contribution < 1.29 is 5.11 Å². The quantitative estimate of drug-likeness (QED) is 0.697. The lowest BCUT2D eigenvalue weighted by molar-refractivity contribution is -0.0451. The van der Waals surface area contributed by atoms with Gasteiger partial charge in [-0.2, -0.15) is 0 Å². The van der Waals surface area contributed by atoms with Crippen LogP contribution in [0.3, 0.4) is 0 Å². The predicted octanol–water partition coefficient (Wildman–Crippen LogP) is 1.68. The molecule has 2 aliphatic rings. The average molecular weight is 183 g/mol. The summed E-state index contributed by atoms with van der Waals surface area (Å²) in [5.74, 6) is 0.832. The van der Waals surface area contributed by atoms with Gasteiger partial charge in [0.25, 0.3) is 0 Å². The van der Waals surface area contributed by atoms with Crippen LogP contribution in [0.1, 0.15) is 44.9 Å². The lowest BCUT2D eigenvalue weighted by Crippen LogP contribution is -2.38. The van der Waals surface area contributed by atoms with Crippen molar-refractivity contribution in [3.05, 3.63) is 0 Å². The van der Waals surface area contributed by atoms with Crippen LogP contribution in [0.4, 0.5) is 0 Å². The van der Waals surface area contributed by atoms with Crippen LogP contribution in [-0.4, -0.2) is 23.8 Å². The van der Waals surface area contributed by atoms with Crippen LogP contribution in [0, 0.1) is 5.92 Å². The highest BCUT2D eigenvalue weighted by molar-refractivity contribution is 4.88. The first-order chi connectivity index (χ1) is 6.29. The Morgan fingerprint density at radius 2 is 2.15 bits per heavy atom. The first-order valence-corrected chi connectivity index (χ1v) is 5.72. The Balaban J connectivity index is 1.66. The zero-order valence-electron chi connectivity index (χ0n) is 8.39. The zero-order chi connectivity index (χ0) is 9.15. The third kappa shape index (κ3) is 2.44. The molecule has 0 radical (unpaired) electrons. The third-order valence-electron chi connectivity index (χ3n) is 3.70. The smallest absolute Gasteiger partial charge is 0.0648 e. The summed E-state index contributed by atoms with van der Waals surface area (Å²) < 4.78 is 0. The fraction of sp³-hybridized carbons (Fsp3) is 1.00. The van der Waals surface area contributed by atoms with Crippen molar-refractivity contribution in [2.75, 3.05) is 13.1 Å². The molecule has 1 aliphatic heterocycles. The highest BCUT2D eigenvalue weighted by Crippen LogP contribution is 2.37. The minimum absolute atomic E-state index is 0.253. The van der Waals surface area contributed by atoms with Gasteiger partial charge in [0.15, 0.2) is 0 Å². The lowest BCUT2D eigenvalue weighted by Gasteiger charge is -2.38. The summed E-state index contributed by atoms with van der Waals surface area (Å²) in [4.78, 5) is 0. The Hall–Kier alpha value is -0.0800. The van der Waals surface area contributed by atoms with Gasteiger partial charge in [-0.15, -0.1) is 0 Å². The summed E-state index contributed by atoms with van der Waals surface area (Å²) in [6.07, 6.45) is 8.29. The standard InChI is InChI=1S/C11H21NO/c13-11(5-2-6-11)7-4-10-3-1-8-12-9-10/h10,12-13H,1-9H2. The molecule has 13 heavy (non-hydrogen) atoms. The molecule has 2 N–H and O–H groups in total. The van der Waals surface area contributed by atoms with Gasteiger partial charge in [-0.1, -0.05) is 0 Å². The summed E-state index contributed by atoms with van der Waals surface area (Å²) in [6.45, 7) is 2.37. The van der Waals surface area contributed by atoms with Gasteiger partial charge in [0.05, 0.1) is 5.60 Å². The van der Waals surface area contributed by atoms with Crippen molar-refractivity contribution in [1.29, 1.82) is 0 Å². The van der Waals surface area contributed by atoms with E-state index in [4.69, 9.17) is 0 Å². The molecule has 0 bridgehead atoms. The maximum absolute atomic E-state index is 9.92. The molecule has 2 nitrogen and oxygen atoms in total. The average Bonchev–Trinajstić information content (AvgIpc) is 2.13. The summed E-state index contributed by atoms with van der Waals surface area (Å²) >= 11 is 0. The third-order valence-corrected chi connectivity index (χ3v) is 3.70. The van der Waals surface area contributed by atoms with Crippen molar-refractivity contribution in [2.45, 2.75) is 50.5 Å². The Bertz CT molecular complexity index is 159. The SMILES string of the molecule is OC1(CCC2CCCNC2)CCC1. The van der Waals surface area contributed by atoms with Gasteiger partial charge in [0.2, 0.25) is 0 Å². The van der Waals surface area contributed by atoms with E-state index < -0.39 is 0 Å². The number of aliphatic hydroxyl groups is 1. The van der Waals surface area contributed by atoms with Gasteiger partial charge in [-0.3, -0.25) is 0 Å². The molecule has 1 unspecified atom stereocenters. The van der Waals surface area contributed by atoms with Crippen molar-refractivity contribution in [1.82, 2.24) is 5.32 Å². The van der Waals surface area contributed by atoms with Crippen molar-refractivity contribution in [2.24, 2.45) is 5.92 Å². The Labute approximate surface area is 80.7 Å². The Kier molecular flexibility index (Phi) is 2.89. The van der Waals surface area contributed by atoms with E-state index in [1.807, 2.05) is 0 Å². The second kappa shape index (κ2) is 3.97. The van der Waals surface area contributed by atoms with Crippen LogP contribution in [0.5, 0.6) is 0 Å². The minimum Gasteiger partial charge on any atom is -0.390 e. The van der Waals surface area contributed by atoms with Crippen LogP contribution in [0.25, 0.3) is 0 Å². The summed E-state index contributed by atoms with van der Waals surface area (Å²) in [5.41, 5.74) is -0.253. The molecule has 1 saturated heterocycles. The molecule has 0 aromatic rings. The minimum atomic E-state index is -0.253. The molecule has 0 spiro atoms. The van der Waals surface area contributed by atoms with Crippen LogP contribution in [0.2, 0.25) is 0 Å². The second-order valence-corrected chi connectivity index (χ2v) is 4.83. The topological polar surface area (TPSA) is 32.3 Å². The fourth-order valence-electron chi connectivity index (χ4n) is 2.48. The van der Waals surface area contributed by atoms with Gasteiger partial charge in [0, 0.05) is 0 Å². The molecule has 2 fully saturated rings. The summed E-state index contributed by atoms with van der Waals surface area (Å²) in [6, 6.07) is 0. The maximum Gasteiger partial charge on any atom is 0.0648 e. The molecule has 1 heterocycles. The number of piperidine rings is 1. The first kappa shape index (κ1) is 9.47. The molecule has 76 valence electrons. The largest absolute Gasteiger partial charge is 0.390 e. The predicted molar refractivity (Wildman–Crippen MR) is 53.6 cm³/mol. The molecular weight excluding hydrogens is 162 g/mol. The summed E-state index contributed by atoms with van der Waals surface area (Å²) in [5, 5.41) is 13.3. The highest BCUT2D eigenvalue weighted by atomic mass is 16.3. The highest BCUT2D eigenvalue weighted by Gasteiger charge is 2.34. The van der Waals surface area contributed by atoms with Crippen molar-refractivity contribution in [3.63, 3.8) is 0 Å². The van der Waals surface area contributed by atoms with Crippen molar-refractivity contribution >= 4 is 0 Å². The molecule has 2 heteroatoms. The first-order valence-electron chi connectivity index (χ1n) is 5.72. The van der Waals surface area contributed by atoms with Gasteiger partial charge in [-0.25, -0.2) is 0 Å². The molecule has 1 atom stereocenters. The molecule has 2 rings (SSSR count). The van der Waals surface area contributed by atoms with Gasteiger partial charge in [0.1, 0.15) is 0 Å². The summed E-state index contributed by atoms with van der Waals surface area (Å²) in [7, 11) is 0. The van der Waals surface area contributed by atoms with Crippen LogP contribution in [0.15, 0.2) is 0 Å². The van der Waals surface area contributed by atoms with Gasteiger partial charge < -0.3 is 10.4 Å². The van der Waals surface area contributed by atoms with E-state index in [2.05, 4.69) is 5.32 Å². The van der Waals surface area contributed by atoms with E-state index in [0.29, 0.717) is 0 Å². The van der Waals surface area contributed by atoms with E-state index in [9.17, 15) is 5.11 Å². The normalized spacial score (nSPS) is 32.5. The van der Waals surface area contributed by atoms with E-state index in [-0.39, 0.29) is 5.60 Å². The molecule has 0 aromatic carbocycles. The monoisotopic (exact) mass is 183 g/mol.